The molecule has 4 nitrogen and oxygen atoms in total. The number of imidazole rings is 1. The summed E-state index contributed by atoms with van der Waals surface area (Å²) in [6.07, 6.45) is -1.82. The smallest absolute Gasteiger partial charge is 0.338 e. The Morgan fingerprint density at radius 1 is 1.40 bits per heavy atom. The Hall–Kier alpha value is -2.33. The molecule has 1 saturated heterocycles. The standard InChI is InChI=1S/C18H19F3N4/c1-12(14-5-2-4-13(8-14)9-22)25-7-3-6-15(11-25)17-23-10-16(24-17)18(19,20)21/h2,4-5,8,10,12,15H,3,6-7,11H2,1H3,(H,23,24). The van der Waals surface area contributed by atoms with Crippen molar-refractivity contribution < 1.29 is 13.2 Å². The molecule has 0 radical (unpaired) electrons. The largest absolute Gasteiger partial charge is 0.432 e. The van der Waals surface area contributed by atoms with Crippen LogP contribution in [0, 0.1) is 11.3 Å². The van der Waals surface area contributed by atoms with E-state index in [1.165, 1.54) is 0 Å². The lowest BCUT2D eigenvalue weighted by molar-refractivity contribution is -0.141. The molecular formula is C18H19F3N4. The highest BCUT2D eigenvalue weighted by Crippen LogP contribution is 2.33. The predicted molar refractivity (Wildman–Crippen MR) is 86.7 cm³/mol. The Balaban J connectivity index is 1.74. The van der Waals surface area contributed by atoms with Crippen molar-refractivity contribution in [3.8, 4) is 6.07 Å². The van der Waals surface area contributed by atoms with E-state index in [1.807, 2.05) is 18.2 Å². The van der Waals surface area contributed by atoms with Crippen LogP contribution in [0.15, 0.2) is 30.5 Å². The van der Waals surface area contributed by atoms with Gasteiger partial charge >= 0.3 is 6.18 Å². The molecule has 1 fully saturated rings. The number of likely N-dealkylation sites (tertiary alicyclic amines) is 1. The first-order valence-corrected chi connectivity index (χ1v) is 8.24. The zero-order chi connectivity index (χ0) is 18.0. The predicted octanol–water partition coefficient (Wildman–Crippen LogP) is 4.24. The molecule has 0 aliphatic carbocycles. The minimum absolute atomic E-state index is 0.0496. The average Bonchev–Trinajstić information content (AvgIpc) is 3.12. The van der Waals surface area contributed by atoms with Crippen molar-refractivity contribution in [2.75, 3.05) is 13.1 Å². The molecule has 0 bridgehead atoms. The SMILES string of the molecule is CC(c1cccc(C#N)c1)N1CCCC(c2ncc(C(F)(F)F)[nH]2)C1. The van der Waals surface area contributed by atoms with Crippen LogP contribution < -0.4 is 0 Å². The summed E-state index contributed by atoms with van der Waals surface area (Å²) < 4.78 is 38.3. The lowest BCUT2D eigenvalue weighted by Crippen LogP contribution is -2.36. The van der Waals surface area contributed by atoms with Gasteiger partial charge in [-0.25, -0.2) is 4.98 Å². The van der Waals surface area contributed by atoms with Crippen LogP contribution in [0.4, 0.5) is 13.2 Å². The summed E-state index contributed by atoms with van der Waals surface area (Å²) in [6, 6.07) is 9.68. The van der Waals surface area contributed by atoms with Gasteiger partial charge in [0.25, 0.3) is 0 Å². The van der Waals surface area contributed by atoms with E-state index in [0.29, 0.717) is 17.9 Å². The highest BCUT2D eigenvalue weighted by atomic mass is 19.4. The molecule has 3 rings (SSSR count). The second-order valence-corrected chi connectivity index (χ2v) is 6.43. The minimum atomic E-state index is -4.40. The molecular weight excluding hydrogens is 329 g/mol. The fraction of sp³-hybridized carbons (Fsp3) is 0.444. The van der Waals surface area contributed by atoms with Gasteiger partial charge in [-0.3, -0.25) is 4.90 Å². The summed E-state index contributed by atoms with van der Waals surface area (Å²) in [5.74, 6) is 0.349. The number of aromatic nitrogens is 2. The average molecular weight is 348 g/mol. The number of halogens is 3. The van der Waals surface area contributed by atoms with Gasteiger partial charge in [-0.05, 0) is 44.0 Å². The number of rotatable bonds is 3. The van der Waals surface area contributed by atoms with E-state index in [-0.39, 0.29) is 12.0 Å². The molecule has 2 atom stereocenters. The first kappa shape index (κ1) is 17.5. The maximum absolute atomic E-state index is 12.8. The van der Waals surface area contributed by atoms with Gasteiger partial charge in [0.05, 0.1) is 17.8 Å². The molecule has 2 unspecified atom stereocenters. The Morgan fingerprint density at radius 3 is 2.88 bits per heavy atom. The van der Waals surface area contributed by atoms with Crippen molar-refractivity contribution in [2.24, 2.45) is 0 Å². The van der Waals surface area contributed by atoms with Crippen molar-refractivity contribution in [1.29, 1.82) is 5.26 Å². The first-order chi connectivity index (χ1) is 11.9. The van der Waals surface area contributed by atoms with Crippen LogP contribution in [-0.2, 0) is 6.18 Å². The summed E-state index contributed by atoms with van der Waals surface area (Å²) >= 11 is 0. The number of aromatic amines is 1. The monoisotopic (exact) mass is 348 g/mol. The first-order valence-electron chi connectivity index (χ1n) is 8.24. The molecule has 1 aromatic heterocycles. The number of nitrogens with one attached hydrogen (secondary N) is 1. The van der Waals surface area contributed by atoms with E-state index in [4.69, 9.17) is 5.26 Å². The Morgan fingerprint density at radius 2 is 2.20 bits per heavy atom. The Bertz CT molecular complexity index is 775. The van der Waals surface area contributed by atoms with E-state index < -0.39 is 11.9 Å². The number of benzene rings is 1. The van der Waals surface area contributed by atoms with Crippen LogP contribution in [0.3, 0.4) is 0 Å². The van der Waals surface area contributed by atoms with Crippen LogP contribution in [-0.4, -0.2) is 28.0 Å². The van der Waals surface area contributed by atoms with Gasteiger partial charge in [-0.15, -0.1) is 0 Å². The summed E-state index contributed by atoms with van der Waals surface area (Å²) in [5, 5.41) is 9.05. The summed E-state index contributed by atoms with van der Waals surface area (Å²) in [5.41, 5.74) is 0.850. The maximum atomic E-state index is 12.8. The van der Waals surface area contributed by atoms with Crippen molar-refractivity contribution >= 4 is 0 Å². The number of hydrogen-bond acceptors (Lipinski definition) is 3. The summed E-state index contributed by atoms with van der Waals surface area (Å²) in [6.45, 7) is 3.58. The number of nitriles is 1. The molecule has 7 heteroatoms. The van der Waals surface area contributed by atoms with Crippen molar-refractivity contribution in [2.45, 2.75) is 37.9 Å². The molecule has 2 aromatic rings. The molecule has 1 aromatic carbocycles. The zero-order valence-corrected chi connectivity index (χ0v) is 13.8. The second kappa shape index (κ2) is 6.89. The van der Waals surface area contributed by atoms with Crippen LogP contribution >= 0.6 is 0 Å². The normalized spacial score (nSPS) is 20.2. The third kappa shape index (κ3) is 3.85. The number of hydrogen-bond donors (Lipinski definition) is 1. The van der Waals surface area contributed by atoms with E-state index in [1.54, 1.807) is 6.07 Å². The molecule has 1 N–H and O–H groups in total. The summed E-state index contributed by atoms with van der Waals surface area (Å²) in [7, 11) is 0. The van der Waals surface area contributed by atoms with Gasteiger partial charge < -0.3 is 4.98 Å². The van der Waals surface area contributed by atoms with Gasteiger partial charge in [0, 0.05) is 18.5 Å². The third-order valence-electron chi connectivity index (χ3n) is 4.79. The highest BCUT2D eigenvalue weighted by Gasteiger charge is 2.34. The molecule has 1 aliphatic heterocycles. The van der Waals surface area contributed by atoms with Gasteiger partial charge in [-0.1, -0.05) is 12.1 Å². The molecule has 132 valence electrons. The van der Waals surface area contributed by atoms with Gasteiger partial charge in [0.1, 0.15) is 11.5 Å². The van der Waals surface area contributed by atoms with Crippen molar-refractivity contribution in [3.63, 3.8) is 0 Å². The quantitative estimate of drug-likeness (QED) is 0.903. The Labute approximate surface area is 144 Å². The topological polar surface area (TPSA) is 55.7 Å². The van der Waals surface area contributed by atoms with Crippen LogP contribution in [0.2, 0.25) is 0 Å². The van der Waals surface area contributed by atoms with Crippen molar-refractivity contribution in [1.82, 2.24) is 14.9 Å². The number of nitrogens with zero attached hydrogens (tertiary/aromatic N) is 3. The van der Waals surface area contributed by atoms with E-state index in [0.717, 1.165) is 31.1 Å². The minimum Gasteiger partial charge on any atom is -0.338 e. The molecule has 0 saturated carbocycles. The van der Waals surface area contributed by atoms with E-state index >= 15 is 0 Å². The molecule has 25 heavy (non-hydrogen) atoms. The van der Waals surface area contributed by atoms with Gasteiger partial charge in [-0.2, -0.15) is 18.4 Å². The van der Waals surface area contributed by atoms with Gasteiger partial charge in [0.15, 0.2) is 0 Å². The lowest BCUT2D eigenvalue weighted by Gasteiger charge is -2.36. The maximum Gasteiger partial charge on any atom is 0.432 e. The summed E-state index contributed by atoms with van der Waals surface area (Å²) in [4.78, 5) is 8.63. The lowest BCUT2D eigenvalue weighted by atomic mass is 9.94. The fourth-order valence-corrected chi connectivity index (χ4v) is 3.35. The number of piperidine rings is 1. The molecule has 2 heterocycles. The second-order valence-electron chi connectivity index (χ2n) is 6.43. The third-order valence-corrected chi connectivity index (χ3v) is 4.79. The molecule has 0 amide bonds. The zero-order valence-electron chi connectivity index (χ0n) is 13.8. The van der Waals surface area contributed by atoms with Crippen LogP contribution in [0.25, 0.3) is 0 Å². The Kier molecular flexibility index (Phi) is 4.82. The van der Waals surface area contributed by atoms with Gasteiger partial charge in [0.2, 0.25) is 0 Å². The number of H-pyrrole nitrogens is 1. The molecule has 1 aliphatic rings. The molecule has 0 spiro atoms. The van der Waals surface area contributed by atoms with E-state index in [2.05, 4.69) is 27.9 Å². The number of alkyl halides is 3. The fourth-order valence-electron chi connectivity index (χ4n) is 3.35. The van der Waals surface area contributed by atoms with E-state index in [9.17, 15) is 13.2 Å². The van der Waals surface area contributed by atoms with Crippen molar-refractivity contribution in [3.05, 3.63) is 53.1 Å². The van der Waals surface area contributed by atoms with Crippen LogP contribution in [0.1, 0.15) is 54.4 Å². The van der Waals surface area contributed by atoms with Crippen LogP contribution in [0.5, 0.6) is 0 Å². The highest BCUT2D eigenvalue weighted by molar-refractivity contribution is 5.34.